The molecule has 0 bridgehead atoms. The predicted molar refractivity (Wildman–Crippen MR) is 66.9 cm³/mol. The Bertz CT molecular complexity index is 241. The van der Waals surface area contributed by atoms with Crippen LogP contribution in [0.4, 0.5) is 4.79 Å². The fourth-order valence-corrected chi connectivity index (χ4v) is 1.75. The lowest BCUT2D eigenvalue weighted by Gasteiger charge is -2.38. The molecular formula is C11H23ClN2O2. The maximum Gasteiger partial charge on any atom is 0.410 e. The molecule has 96 valence electrons. The van der Waals surface area contributed by atoms with Crippen molar-refractivity contribution >= 4 is 18.5 Å². The average Bonchev–Trinajstić information content (AvgIpc) is 2.06. The quantitative estimate of drug-likeness (QED) is 0.717. The van der Waals surface area contributed by atoms with Crippen LogP contribution in [0.15, 0.2) is 0 Å². The molecular weight excluding hydrogens is 228 g/mol. The molecule has 0 aromatic heterocycles. The first-order valence-electron chi connectivity index (χ1n) is 5.56. The van der Waals surface area contributed by atoms with Gasteiger partial charge in [0.1, 0.15) is 5.60 Å². The number of nitrogens with two attached hydrogens (primary N) is 1. The number of halogens is 1. The fourth-order valence-electron chi connectivity index (χ4n) is 1.75. The molecule has 1 rings (SSSR count). The Labute approximate surface area is 104 Å². The van der Waals surface area contributed by atoms with Gasteiger partial charge in [-0.15, -0.1) is 12.4 Å². The minimum absolute atomic E-state index is 0. The van der Waals surface area contributed by atoms with E-state index in [1.54, 1.807) is 4.90 Å². The highest BCUT2D eigenvalue weighted by Crippen LogP contribution is 2.19. The number of carbonyl (C=O) groups is 1. The van der Waals surface area contributed by atoms with Crippen molar-refractivity contribution in [3.8, 4) is 0 Å². The van der Waals surface area contributed by atoms with Crippen molar-refractivity contribution < 1.29 is 9.53 Å². The third kappa shape index (κ3) is 4.18. The molecule has 16 heavy (non-hydrogen) atoms. The van der Waals surface area contributed by atoms with E-state index < -0.39 is 5.60 Å². The first-order valence-corrected chi connectivity index (χ1v) is 5.56. The number of ether oxygens (including phenoxy) is 1. The molecule has 1 heterocycles. The third-order valence-electron chi connectivity index (χ3n) is 2.68. The van der Waals surface area contributed by atoms with E-state index in [9.17, 15) is 4.79 Å². The second-order valence-corrected chi connectivity index (χ2v) is 5.22. The first kappa shape index (κ1) is 15.5. The Balaban J connectivity index is 0.00000225. The number of hydrogen-bond donors (Lipinski definition) is 1. The van der Waals surface area contributed by atoms with E-state index in [0.29, 0.717) is 0 Å². The van der Waals surface area contributed by atoms with Gasteiger partial charge >= 0.3 is 6.09 Å². The molecule has 0 spiro atoms. The summed E-state index contributed by atoms with van der Waals surface area (Å²) < 4.78 is 5.33. The summed E-state index contributed by atoms with van der Waals surface area (Å²) in [6, 6.07) is 0.153. The second-order valence-electron chi connectivity index (χ2n) is 5.22. The molecule has 1 aliphatic heterocycles. The van der Waals surface area contributed by atoms with Crippen LogP contribution in [0.25, 0.3) is 0 Å². The summed E-state index contributed by atoms with van der Waals surface area (Å²) in [7, 11) is 0. The third-order valence-corrected chi connectivity index (χ3v) is 2.68. The van der Waals surface area contributed by atoms with E-state index in [2.05, 4.69) is 0 Å². The van der Waals surface area contributed by atoms with Crippen molar-refractivity contribution in [3.63, 3.8) is 0 Å². The predicted octanol–water partition coefficient (Wildman–Crippen LogP) is 2.15. The van der Waals surface area contributed by atoms with Crippen molar-refractivity contribution in [3.05, 3.63) is 0 Å². The molecule has 1 aliphatic rings. The van der Waals surface area contributed by atoms with Crippen molar-refractivity contribution in [1.29, 1.82) is 0 Å². The van der Waals surface area contributed by atoms with Gasteiger partial charge in [0.2, 0.25) is 0 Å². The maximum absolute atomic E-state index is 11.8. The summed E-state index contributed by atoms with van der Waals surface area (Å²) in [5.41, 5.74) is 5.49. The Morgan fingerprint density at radius 3 is 2.50 bits per heavy atom. The minimum atomic E-state index is -0.432. The number of amides is 1. The molecule has 4 nitrogen and oxygen atoms in total. The number of hydrogen-bond acceptors (Lipinski definition) is 3. The van der Waals surface area contributed by atoms with E-state index in [1.807, 2.05) is 27.7 Å². The molecule has 0 aromatic carbocycles. The van der Waals surface area contributed by atoms with Crippen LogP contribution in [-0.2, 0) is 4.74 Å². The van der Waals surface area contributed by atoms with Crippen LogP contribution in [0, 0.1) is 0 Å². The lowest BCUT2D eigenvalue weighted by molar-refractivity contribution is 0.00933. The van der Waals surface area contributed by atoms with Crippen molar-refractivity contribution in [2.45, 2.75) is 58.2 Å². The first-order chi connectivity index (χ1) is 6.81. The summed E-state index contributed by atoms with van der Waals surface area (Å²) in [6.45, 7) is 8.36. The SMILES string of the molecule is C[C@H]1[C@@H](N)CCCN1C(=O)OC(C)(C)C.Cl. The summed E-state index contributed by atoms with van der Waals surface area (Å²) in [6.07, 6.45) is 1.70. The fraction of sp³-hybridized carbons (Fsp3) is 0.909. The van der Waals surface area contributed by atoms with Gasteiger partial charge in [0.05, 0.1) is 0 Å². The van der Waals surface area contributed by atoms with Gasteiger partial charge in [-0.1, -0.05) is 0 Å². The average molecular weight is 251 g/mol. The molecule has 1 fully saturated rings. The lowest BCUT2D eigenvalue weighted by atomic mass is 9.99. The van der Waals surface area contributed by atoms with E-state index in [0.717, 1.165) is 19.4 Å². The molecule has 2 N–H and O–H groups in total. The lowest BCUT2D eigenvalue weighted by Crippen LogP contribution is -2.53. The molecule has 1 amide bonds. The van der Waals surface area contributed by atoms with Crippen LogP contribution < -0.4 is 5.73 Å². The topological polar surface area (TPSA) is 55.6 Å². The van der Waals surface area contributed by atoms with Gasteiger partial charge < -0.3 is 15.4 Å². The van der Waals surface area contributed by atoms with Crippen LogP contribution in [-0.4, -0.2) is 35.2 Å². The maximum atomic E-state index is 11.8. The molecule has 0 unspecified atom stereocenters. The number of likely N-dealkylation sites (tertiary alicyclic amines) is 1. The van der Waals surface area contributed by atoms with Gasteiger partial charge in [-0.05, 0) is 40.5 Å². The highest BCUT2D eigenvalue weighted by atomic mass is 35.5. The van der Waals surface area contributed by atoms with Crippen LogP contribution >= 0.6 is 12.4 Å². The summed E-state index contributed by atoms with van der Waals surface area (Å²) >= 11 is 0. The highest BCUT2D eigenvalue weighted by Gasteiger charge is 2.31. The van der Waals surface area contributed by atoms with Crippen molar-refractivity contribution in [2.75, 3.05) is 6.54 Å². The van der Waals surface area contributed by atoms with E-state index in [4.69, 9.17) is 10.5 Å². The summed E-state index contributed by atoms with van der Waals surface area (Å²) in [5.74, 6) is 0. The number of carbonyl (C=O) groups excluding carboxylic acids is 1. The number of piperidine rings is 1. The Kier molecular flexibility index (Phi) is 5.56. The Hall–Kier alpha value is -0.480. The van der Waals surface area contributed by atoms with Gasteiger partial charge in [-0.25, -0.2) is 4.79 Å². The molecule has 1 saturated heterocycles. The van der Waals surface area contributed by atoms with Crippen LogP contribution in [0.1, 0.15) is 40.5 Å². The van der Waals surface area contributed by atoms with E-state index in [-0.39, 0.29) is 30.6 Å². The second kappa shape index (κ2) is 5.73. The highest BCUT2D eigenvalue weighted by molar-refractivity contribution is 5.85. The van der Waals surface area contributed by atoms with E-state index >= 15 is 0 Å². The molecule has 5 heteroatoms. The molecule has 0 saturated carbocycles. The smallest absolute Gasteiger partial charge is 0.410 e. The normalized spacial score (nSPS) is 25.9. The van der Waals surface area contributed by atoms with Gasteiger partial charge in [-0.2, -0.15) is 0 Å². The minimum Gasteiger partial charge on any atom is -0.444 e. The largest absolute Gasteiger partial charge is 0.444 e. The van der Waals surface area contributed by atoms with E-state index in [1.165, 1.54) is 0 Å². The van der Waals surface area contributed by atoms with Crippen molar-refractivity contribution in [1.82, 2.24) is 4.90 Å². The number of nitrogens with zero attached hydrogens (tertiary/aromatic N) is 1. The molecule has 2 atom stereocenters. The van der Waals surface area contributed by atoms with Crippen LogP contribution in [0.5, 0.6) is 0 Å². The monoisotopic (exact) mass is 250 g/mol. The molecule has 0 aromatic rings. The number of rotatable bonds is 0. The molecule has 0 radical (unpaired) electrons. The summed E-state index contributed by atoms with van der Waals surface area (Å²) in [4.78, 5) is 13.6. The standard InChI is InChI=1S/C11H22N2O2.ClH/c1-8-9(12)6-5-7-13(8)10(14)15-11(2,3)4;/h8-9H,5-7,12H2,1-4H3;1H/t8-,9-;/m0./s1. The van der Waals surface area contributed by atoms with Gasteiger partial charge in [0, 0.05) is 18.6 Å². The van der Waals surface area contributed by atoms with Gasteiger partial charge in [-0.3, -0.25) is 0 Å². The van der Waals surface area contributed by atoms with Crippen LogP contribution in [0.2, 0.25) is 0 Å². The van der Waals surface area contributed by atoms with Gasteiger partial charge in [0.25, 0.3) is 0 Å². The van der Waals surface area contributed by atoms with Crippen molar-refractivity contribution in [2.24, 2.45) is 5.73 Å². The molecule has 0 aliphatic carbocycles. The van der Waals surface area contributed by atoms with Gasteiger partial charge in [0.15, 0.2) is 0 Å². The summed E-state index contributed by atoms with van der Waals surface area (Å²) in [5, 5.41) is 0. The zero-order chi connectivity index (χ0) is 11.6. The zero-order valence-corrected chi connectivity index (χ0v) is 11.3. The van der Waals surface area contributed by atoms with Crippen LogP contribution in [0.3, 0.4) is 0 Å². The Morgan fingerprint density at radius 1 is 1.44 bits per heavy atom. The Morgan fingerprint density at radius 2 is 2.00 bits per heavy atom. The zero-order valence-electron chi connectivity index (χ0n) is 10.5.